The van der Waals surface area contributed by atoms with E-state index in [1.807, 2.05) is 0 Å². The molecule has 0 aromatic carbocycles. The molecule has 1 aliphatic rings. The highest BCUT2D eigenvalue weighted by Gasteiger charge is 2.29. The second-order valence-electron chi connectivity index (χ2n) is 4.07. The van der Waals surface area contributed by atoms with Crippen molar-refractivity contribution in [3.63, 3.8) is 0 Å². The maximum Gasteiger partial charge on any atom is 0.330 e. The Bertz CT molecular complexity index is 231. The number of hydrogen-bond donors (Lipinski definition) is 0. The first-order valence-electron chi connectivity index (χ1n) is 5.06. The molecule has 14 heavy (non-hydrogen) atoms. The van der Waals surface area contributed by atoms with Gasteiger partial charge in [-0.3, -0.25) is 0 Å². The van der Waals surface area contributed by atoms with E-state index in [9.17, 15) is 4.79 Å². The number of ether oxygens (including phenoxy) is 2. The van der Waals surface area contributed by atoms with Gasteiger partial charge >= 0.3 is 5.97 Å². The fraction of sp³-hybridized carbons (Fsp3) is 0.727. The zero-order valence-electron chi connectivity index (χ0n) is 9.08. The van der Waals surface area contributed by atoms with Gasteiger partial charge in [0.05, 0.1) is 18.3 Å². The van der Waals surface area contributed by atoms with Gasteiger partial charge in [-0.05, 0) is 39.7 Å². The van der Waals surface area contributed by atoms with Crippen LogP contribution in [-0.2, 0) is 14.3 Å². The van der Waals surface area contributed by atoms with Crippen molar-refractivity contribution in [1.29, 1.82) is 0 Å². The predicted molar refractivity (Wildman–Crippen MR) is 54.0 cm³/mol. The van der Waals surface area contributed by atoms with E-state index in [1.165, 1.54) is 6.08 Å². The number of carbonyl (C=O) groups excluding carboxylic acids is 1. The van der Waals surface area contributed by atoms with Crippen molar-refractivity contribution >= 4 is 5.97 Å². The minimum absolute atomic E-state index is 0.0519. The fourth-order valence-electron chi connectivity index (χ4n) is 1.53. The van der Waals surface area contributed by atoms with Crippen LogP contribution in [0.3, 0.4) is 0 Å². The van der Waals surface area contributed by atoms with E-state index in [2.05, 4.69) is 13.8 Å². The Hall–Kier alpha value is -0.830. The van der Waals surface area contributed by atoms with Gasteiger partial charge < -0.3 is 9.47 Å². The Kier molecular flexibility index (Phi) is 3.69. The van der Waals surface area contributed by atoms with E-state index in [1.54, 1.807) is 13.0 Å². The largest absolute Gasteiger partial charge is 0.463 e. The van der Waals surface area contributed by atoms with Crippen molar-refractivity contribution in [2.24, 2.45) is 0 Å². The normalized spacial score (nSPS) is 25.5. The molecule has 3 nitrogen and oxygen atoms in total. The van der Waals surface area contributed by atoms with Gasteiger partial charge in [-0.1, -0.05) is 0 Å². The predicted octanol–water partition coefficient (Wildman–Crippen LogP) is 2.06. The van der Waals surface area contributed by atoms with Crippen molar-refractivity contribution in [3.8, 4) is 0 Å². The molecule has 0 radical (unpaired) electrons. The monoisotopic (exact) mass is 198 g/mol. The number of esters is 1. The molecule has 1 fully saturated rings. The summed E-state index contributed by atoms with van der Waals surface area (Å²) in [6, 6.07) is 0. The minimum atomic E-state index is -0.291. The van der Waals surface area contributed by atoms with Crippen molar-refractivity contribution in [2.75, 3.05) is 6.61 Å². The van der Waals surface area contributed by atoms with Gasteiger partial charge in [0.25, 0.3) is 0 Å². The summed E-state index contributed by atoms with van der Waals surface area (Å²) in [6.45, 7) is 6.33. The molecular formula is C11H18O3. The minimum Gasteiger partial charge on any atom is -0.463 e. The highest BCUT2D eigenvalue weighted by Crippen LogP contribution is 2.29. The van der Waals surface area contributed by atoms with Crippen LogP contribution < -0.4 is 0 Å². The Labute approximate surface area is 85.1 Å². The lowest BCUT2D eigenvalue weighted by molar-refractivity contribution is -0.137. The molecule has 0 spiro atoms. The van der Waals surface area contributed by atoms with E-state index in [-0.39, 0.29) is 17.7 Å². The Morgan fingerprint density at radius 2 is 2.36 bits per heavy atom. The fourth-order valence-corrected chi connectivity index (χ4v) is 1.53. The maximum atomic E-state index is 11.0. The molecule has 1 rings (SSSR count). The van der Waals surface area contributed by atoms with Gasteiger partial charge in [0.2, 0.25) is 0 Å². The van der Waals surface area contributed by atoms with Crippen LogP contribution in [-0.4, -0.2) is 24.3 Å². The number of rotatable bonds is 3. The highest BCUT2D eigenvalue weighted by molar-refractivity contribution is 5.81. The summed E-state index contributed by atoms with van der Waals surface area (Å²) in [5.41, 5.74) is -0.0519. The van der Waals surface area contributed by atoms with Gasteiger partial charge in [0, 0.05) is 6.08 Å². The van der Waals surface area contributed by atoms with Crippen molar-refractivity contribution < 1.29 is 14.3 Å². The summed E-state index contributed by atoms with van der Waals surface area (Å²) in [5.74, 6) is -0.291. The molecule has 1 aliphatic heterocycles. The van der Waals surface area contributed by atoms with Gasteiger partial charge in [-0.2, -0.15) is 0 Å². The zero-order chi connectivity index (χ0) is 10.6. The molecule has 3 heteroatoms. The van der Waals surface area contributed by atoms with E-state index >= 15 is 0 Å². The third-order valence-corrected chi connectivity index (χ3v) is 2.23. The first kappa shape index (κ1) is 11.2. The van der Waals surface area contributed by atoms with Crippen LogP contribution in [0.2, 0.25) is 0 Å². The van der Waals surface area contributed by atoms with Crippen LogP contribution in [0.4, 0.5) is 0 Å². The number of carbonyl (C=O) groups is 1. The van der Waals surface area contributed by atoms with Gasteiger partial charge in [0.15, 0.2) is 0 Å². The van der Waals surface area contributed by atoms with Crippen LogP contribution in [0.5, 0.6) is 0 Å². The van der Waals surface area contributed by atoms with Crippen molar-refractivity contribution in [3.05, 3.63) is 12.2 Å². The molecule has 0 amide bonds. The first-order chi connectivity index (χ1) is 6.53. The van der Waals surface area contributed by atoms with Crippen LogP contribution in [0.25, 0.3) is 0 Å². The summed E-state index contributed by atoms with van der Waals surface area (Å²) in [7, 11) is 0. The Morgan fingerprint density at radius 1 is 1.64 bits per heavy atom. The summed E-state index contributed by atoms with van der Waals surface area (Å²) in [6.07, 6.45) is 5.31. The third kappa shape index (κ3) is 3.50. The van der Waals surface area contributed by atoms with E-state index in [0.29, 0.717) is 6.61 Å². The lowest BCUT2D eigenvalue weighted by atomic mass is 10.1. The number of hydrogen-bond acceptors (Lipinski definition) is 3. The summed E-state index contributed by atoms with van der Waals surface area (Å²) < 4.78 is 10.5. The second-order valence-corrected chi connectivity index (χ2v) is 4.07. The SMILES string of the molecule is CCOC(=O)/C=C/C1CCC(C)(C)O1. The summed E-state index contributed by atoms with van der Waals surface area (Å²) >= 11 is 0. The van der Waals surface area contributed by atoms with Crippen LogP contribution >= 0.6 is 0 Å². The Balaban J connectivity index is 2.35. The molecule has 0 aromatic rings. The van der Waals surface area contributed by atoms with E-state index in [0.717, 1.165) is 12.8 Å². The second kappa shape index (κ2) is 4.60. The van der Waals surface area contributed by atoms with Crippen LogP contribution in [0, 0.1) is 0 Å². The smallest absolute Gasteiger partial charge is 0.330 e. The molecule has 0 aliphatic carbocycles. The zero-order valence-corrected chi connectivity index (χ0v) is 9.08. The summed E-state index contributed by atoms with van der Waals surface area (Å²) in [5, 5.41) is 0. The van der Waals surface area contributed by atoms with Gasteiger partial charge in [-0.25, -0.2) is 4.79 Å². The molecule has 0 saturated carbocycles. The molecular weight excluding hydrogens is 180 g/mol. The first-order valence-corrected chi connectivity index (χ1v) is 5.06. The van der Waals surface area contributed by atoms with Crippen LogP contribution in [0.1, 0.15) is 33.6 Å². The maximum absolute atomic E-state index is 11.0. The van der Waals surface area contributed by atoms with Gasteiger partial charge in [-0.15, -0.1) is 0 Å². The standard InChI is InChI=1S/C11H18O3/c1-4-13-10(12)6-5-9-7-8-11(2,3)14-9/h5-6,9H,4,7-8H2,1-3H3/b6-5+. The van der Waals surface area contributed by atoms with Crippen molar-refractivity contribution in [2.45, 2.75) is 45.3 Å². The Morgan fingerprint density at radius 3 is 2.86 bits per heavy atom. The molecule has 80 valence electrons. The lowest BCUT2D eigenvalue weighted by Gasteiger charge is -2.17. The van der Waals surface area contributed by atoms with Crippen LogP contribution in [0.15, 0.2) is 12.2 Å². The highest BCUT2D eigenvalue weighted by atomic mass is 16.5. The third-order valence-electron chi connectivity index (χ3n) is 2.23. The molecule has 0 N–H and O–H groups in total. The van der Waals surface area contributed by atoms with Crippen molar-refractivity contribution in [1.82, 2.24) is 0 Å². The topological polar surface area (TPSA) is 35.5 Å². The molecule has 1 unspecified atom stereocenters. The average molecular weight is 198 g/mol. The molecule has 0 aromatic heterocycles. The molecule has 0 bridgehead atoms. The van der Waals surface area contributed by atoms with E-state index < -0.39 is 0 Å². The molecule has 1 atom stereocenters. The summed E-state index contributed by atoms with van der Waals surface area (Å²) in [4.78, 5) is 11.0. The lowest BCUT2D eigenvalue weighted by Crippen LogP contribution is -2.19. The quantitative estimate of drug-likeness (QED) is 0.514. The molecule has 1 saturated heterocycles. The average Bonchev–Trinajstić information content (AvgIpc) is 2.43. The molecule has 1 heterocycles. The van der Waals surface area contributed by atoms with E-state index in [4.69, 9.17) is 9.47 Å². The van der Waals surface area contributed by atoms with Gasteiger partial charge in [0.1, 0.15) is 0 Å².